The highest BCUT2D eigenvalue weighted by atomic mass is 35.5. The van der Waals surface area contributed by atoms with Crippen molar-refractivity contribution >= 4 is 17.3 Å². The Morgan fingerprint density at radius 2 is 1.94 bits per heavy atom. The van der Waals surface area contributed by atoms with Gasteiger partial charge in [0.05, 0.1) is 34.2 Å². The number of rotatable bonds is 2. The normalized spacial score (nSPS) is 10.2. The van der Waals surface area contributed by atoms with E-state index in [9.17, 15) is 0 Å². The smallest absolute Gasteiger partial charge is 0.175 e. The molecule has 1 heterocycles. The number of hydrogen-bond acceptors (Lipinski definition) is 4. The monoisotopic (exact) mass is 234 g/mol. The predicted octanol–water partition coefficient (Wildman–Crippen LogP) is 2.57. The quantitative estimate of drug-likeness (QED) is 0.852. The van der Waals surface area contributed by atoms with Gasteiger partial charge >= 0.3 is 0 Å². The Morgan fingerprint density at radius 3 is 2.38 bits per heavy atom. The summed E-state index contributed by atoms with van der Waals surface area (Å²) in [5, 5.41) is 18.0. The summed E-state index contributed by atoms with van der Waals surface area (Å²) in [5.74, 6) is -0.815. The number of halogens is 1. The van der Waals surface area contributed by atoms with Crippen molar-refractivity contribution in [2.75, 3.05) is 5.73 Å². The van der Waals surface area contributed by atoms with E-state index in [0.29, 0.717) is 22.1 Å². The van der Waals surface area contributed by atoms with Gasteiger partial charge in [0, 0.05) is 0 Å². The van der Waals surface area contributed by atoms with Gasteiger partial charge in [0.25, 0.3) is 0 Å². The van der Waals surface area contributed by atoms with Crippen LogP contribution in [0.15, 0.2) is 6.07 Å². The molecule has 0 spiro atoms. The Morgan fingerprint density at radius 1 is 1.38 bits per heavy atom. The van der Waals surface area contributed by atoms with Gasteiger partial charge in [0.1, 0.15) is 0 Å². The second-order valence-electron chi connectivity index (χ2n) is 3.68. The number of hydrogen-bond donors (Lipinski definition) is 1. The number of nitrogens with zero attached hydrogens (tertiary/aromatic N) is 3. The number of pyridine rings is 1. The molecule has 1 aromatic rings. The summed E-state index contributed by atoms with van der Waals surface area (Å²) in [7, 11) is 0. The van der Waals surface area contributed by atoms with Crippen molar-refractivity contribution in [3.63, 3.8) is 0 Å². The molecular formula is C11H11ClN4. The lowest BCUT2D eigenvalue weighted by Gasteiger charge is -2.12. The third kappa shape index (κ3) is 2.24. The van der Waals surface area contributed by atoms with Crippen molar-refractivity contribution in [3.8, 4) is 12.1 Å². The fourth-order valence-corrected chi connectivity index (χ4v) is 1.60. The third-order valence-electron chi connectivity index (χ3n) is 2.13. The fourth-order valence-electron chi connectivity index (χ4n) is 1.28. The van der Waals surface area contributed by atoms with Crippen molar-refractivity contribution in [1.82, 2.24) is 4.98 Å². The maximum atomic E-state index is 8.78. The lowest BCUT2D eigenvalue weighted by Crippen LogP contribution is -2.05. The highest BCUT2D eigenvalue weighted by Gasteiger charge is 2.17. The number of anilines is 1. The molecule has 0 saturated carbocycles. The first kappa shape index (κ1) is 12.3. The molecular weight excluding hydrogens is 224 g/mol. The van der Waals surface area contributed by atoms with E-state index in [1.165, 1.54) is 6.07 Å². The Hall–Kier alpha value is -1.78. The summed E-state index contributed by atoms with van der Waals surface area (Å²) >= 11 is 6.00. The van der Waals surface area contributed by atoms with Crippen molar-refractivity contribution in [3.05, 3.63) is 22.5 Å². The summed E-state index contributed by atoms with van der Waals surface area (Å²) in [4.78, 5) is 4.22. The lowest BCUT2D eigenvalue weighted by molar-refractivity contribution is 0.806. The number of nitrogens with two attached hydrogens (primary N) is 1. The number of nitrogen functional groups attached to an aromatic ring is 1. The minimum Gasteiger partial charge on any atom is -0.397 e. The average molecular weight is 235 g/mol. The highest BCUT2D eigenvalue weighted by molar-refractivity contribution is 6.33. The molecule has 0 aliphatic carbocycles. The molecule has 16 heavy (non-hydrogen) atoms. The van der Waals surface area contributed by atoms with Gasteiger partial charge in [-0.1, -0.05) is 25.4 Å². The molecule has 5 heteroatoms. The zero-order valence-corrected chi connectivity index (χ0v) is 9.78. The molecule has 0 bridgehead atoms. The summed E-state index contributed by atoms with van der Waals surface area (Å²) in [6.07, 6.45) is 0. The van der Waals surface area contributed by atoms with Crippen LogP contribution in [-0.4, -0.2) is 4.98 Å². The van der Waals surface area contributed by atoms with Crippen molar-refractivity contribution < 1.29 is 0 Å². The molecule has 1 aromatic heterocycles. The fraction of sp³-hybridized carbons (Fsp3) is 0.364. The zero-order chi connectivity index (χ0) is 12.3. The van der Waals surface area contributed by atoms with E-state index < -0.39 is 5.92 Å². The SMILES string of the molecule is CC(C)c1nc(C(C#N)C#N)cc(N)c1Cl. The predicted molar refractivity (Wildman–Crippen MR) is 61.7 cm³/mol. The molecule has 2 N–H and O–H groups in total. The Labute approximate surface area is 99.3 Å². The minimum atomic E-state index is -0.905. The first-order valence-corrected chi connectivity index (χ1v) is 5.14. The van der Waals surface area contributed by atoms with Gasteiger partial charge in [0.15, 0.2) is 5.92 Å². The minimum absolute atomic E-state index is 0.0905. The molecule has 0 aromatic carbocycles. The van der Waals surface area contributed by atoms with Gasteiger partial charge in [-0.3, -0.25) is 4.98 Å². The van der Waals surface area contributed by atoms with Crippen LogP contribution in [0.3, 0.4) is 0 Å². The van der Waals surface area contributed by atoms with Gasteiger partial charge in [-0.05, 0) is 12.0 Å². The van der Waals surface area contributed by atoms with Gasteiger partial charge in [-0.25, -0.2) is 0 Å². The summed E-state index contributed by atoms with van der Waals surface area (Å²) < 4.78 is 0. The number of aromatic nitrogens is 1. The molecule has 0 amide bonds. The van der Waals surface area contributed by atoms with Crippen molar-refractivity contribution in [2.24, 2.45) is 0 Å². The van der Waals surface area contributed by atoms with Crippen LogP contribution in [-0.2, 0) is 0 Å². The van der Waals surface area contributed by atoms with Crippen molar-refractivity contribution in [1.29, 1.82) is 10.5 Å². The molecule has 0 radical (unpaired) electrons. The van der Waals surface area contributed by atoms with Crippen LogP contribution >= 0.6 is 11.6 Å². The van der Waals surface area contributed by atoms with Crippen LogP contribution in [0, 0.1) is 22.7 Å². The molecule has 0 unspecified atom stereocenters. The van der Waals surface area contributed by atoms with Crippen LogP contribution in [0.25, 0.3) is 0 Å². The standard InChI is InChI=1S/C11H11ClN4/c1-6(2)11-10(12)8(15)3-9(16-11)7(4-13)5-14/h3,6-7H,1-2H3,(H2,15,16). The maximum absolute atomic E-state index is 8.78. The van der Waals surface area contributed by atoms with E-state index in [2.05, 4.69) is 4.98 Å². The Balaban J connectivity index is 3.37. The molecule has 0 saturated heterocycles. The topological polar surface area (TPSA) is 86.5 Å². The summed E-state index contributed by atoms with van der Waals surface area (Å²) in [5.41, 5.74) is 7.04. The van der Waals surface area contributed by atoms with E-state index in [4.69, 9.17) is 27.9 Å². The summed E-state index contributed by atoms with van der Waals surface area (Å²) in [6.45, 7) is 3.84. The zero-order valence-electron chi connectivity index (χ0n) is 9.03. The van der Waals surface area contributed by atoms with Gasteiger partial charge in [-0.15, -0.1) is 0 Å². The van der Waals surface area contributed by atoms with E-state index in [1.807, 2.05) is 26.0 Å². The summed E-state index contributed by atoms with van der Waals surface area (Å²) in [6, 6.07) is 5.19. The lowest BCUT2D eigenvalue weighted by atomic mass is 10.0. The first-order valence-electron chi connectivity index (χ1n) is 4.76. The molecule has 82 valence electrons. The second-order valence-corrected chi connectivity index (χ2v) is 4.06. The average Bonchev–Trinajstić information content (AvgIpc) is 2.24. The molecule has 0 aliphatic heterocycles. The highest BCUT2D eigenvalue weighted by Crippen LogP contribution is 2.30. The van der Waals surface area contributed by atoms with Crippen LogP contribution in [0.4, 0.5) is 5.69 Å². The van der Waals surface area contributed by atoms with Crippen molar-refractivity contribution in [2.45, 2.75) is 25.7 Å². The number of nitriles is 2. The van der Waals surface area contributed by atoms with Crippen LogP contribution < -0.4 is 5.73 Å². The van der Waals surface area contributed by atoms with Crippen LogP contribution in [0.1, 0.15) is 37.1 Å². The molecule has 0 aliphatic rings. The molecule has 4 nitrogen and oxygen atoms in total. The van der Waals surface area contributed by atoms with E-state index in [-0.39, 0.29) is 5.92 Å². The first-order chi connectivity index (χ1) is 7.51. The largest absolute Gasteiger partial charge is 0.397 e. The molecule has 0 fully saturated rings. The van der Waals surface area contributed by atoms with Gasteiger partial charge in [-0.2, -0.15) is 10.5 Å². The van der Waals surface area contributed by atoms with E-state index in [0.717, 1.165) is 0 Å². The Bertz CT molecular complexity index is 468. The van der Waals surface area contributed by atoms with Crippen LogP contribution in [0.2, 0.25) is 5.02 Å². The van der Waals surface area contributed by atoms with Gasteiger partial charge in [0.2, 0.25) is 0 Å². The maximum Gasteiger partial charge on any atom is 0.175 e. The van der Waals surface area contributed by atoms with Crippen LogP contribution in [0.5, 0.6) is 0 Å². The van der Waals surface area contributed by atoms with Gasteiger partial charge < -0.3 is 5.73 Å². The van der Waals surface area contributed by atoms with E-state index in [1.54, 1.807) is 0 Å². The van der Waals surface area contributed by atoms with E-state index >= 15 is 0 Å². The second kappa shape index (κ2) is 4.83. The Kier molecular flexibility index (Phi) is 3.71. The molecule has 0 atom stereocenters. The third-order valence-corrected chi connectivity index (χ3v) is 2.54. The molecule has 1 rings (SSSR count).